The summed E-state index contributed by atoms with van der Waals surface area (Å²) >= 11 is 5.08. The molecular weight excluding hydrogens is 140 g/mol. The van der Waals surface area contributed by atoms with Gasteiger partial charge in [-0.25, -0.2) is 0 Å². The predicted octanol–water partition coefficient (Wildman–Crippen LogP) is 1.37. The molecule has 0 saturated heterocycles. The second-order valence-corrected chi connectivity index (χ2v) is 2.25. The molecule has 2 nitrogen and oxygen atoms in total. The van der Waals surface area contributed by atoms with Gasteiger partial charge in [-0.15, -0.1) is 0 Å². The number of ketones is 1. The van der Waals surface area contributed by atoms with Gasteiger partial charge in [-0.2, -0.15) is 0 Å². The molecule has 52 valence electrons. The van der Waals surface area contributed by atoms with Gasteiger partial charge in [0.25, 0.3) is 0 Å². The zero-order valence-corrected chi connectivity index (χ0v) is 6.23. The van der Waals surface area contributed by atoms with Crippen molar-refractivity contribution < 1.29 is 9.59 Å². The van der Waals surface area contributed by atoms with Crippen LogP contribution in [0.4, 0.5) is 0 Å². The van der Waals surface area contributed by atoms with E-state index in [-0.39, 0.29) is 5.78 Å². The summed E-state index contributed by atoms with van der Waals surface area (Å²) in [7, 11) is 0. The Morgan fingerprint density at radius 1 is 1.56 bits per heavy atom. The van der Waals surface area contributed by atoms with E-state index in [1.54, 1.807) is 6.92 Å². The Hall–Kier alpha value is -0.370. The summed E-state index contributed by atoms with van der Waals surface area (Å²) in [5.74, 6) is -0.746. The second kappa shape index (κ2) is 3.62. The summed E-state index contributed by atoms with van der Waals surface area (Å²) in [4.78, 5) is 20.9. The minimum atomic E-state index is -0.591. The minimum Gasteiger partial charge on any atom is -0.299 e. The molecule has 0 rings (SSSR count). The number of Topliss-reactive ketones (excluding diaryl/α,β-unsaturated/α-hetero) is 1. The van der Waals surface area contributed by atoms with Gasteiger partial charge in [0, 0.05) is 0 Å². The molecule has 0 N–H and O–H groups in total. The maximum Gasteiger partial charge on any atom is 0.232 e. The van der Waals surface area contributed by atoms with Gasteiger partial charge in [-0.05, 0) is 24.9 Å². The molecule has 0 radical (unpaired) electrons. The van der Waals surface area contributed by atoms with Crippen molar-refractivity contribution in [1.29, 1.82) is 0 Å². The summed E-state index contributed by atoms with van der Waals surface area (Å²) in [5.41, 5.74) is 0. The van der Waals surface area contributed by atoms with Gasteiger partial charge in [0.2, 0.25) is 5.24 Å². The predicted molar refractivity (Wildman–Crippen MR) is 35.3 cm³/mol. The number of carbonyl (C=O) groups is 2. The molecule has 1 atom stereocenters. The quantitative estimate of drug-likeness (QED) is 0.448. The van der Waals surface area contributed by atoms with Crippen LogP contribution in [0.15, 0.2) is 0 Å². The van der Waals surface area contributed by atoms with Crippen molar-refractivity contribution in [3.8, 4) is 0 Å². The molecule has 1 unspecified atom stereocenters. The van der Waals surface area contributed by atoms with Gasteiger partial charge < -0.3 is 0 Å². The van der Waals surface area contributed by atoms with Crippen LogP contribution in [0.1, 0.15) is 20.3 Å². The lowest BCUT2D eigenvalue weighted by atomic mass is 10.0. The average Bonchev–Trinajstić information content (AvgIpc) is 1.64. The lowest BCUT2D eigenvalue weighted by Gasteiger charge is -2.01. The highest BCUT2D eigenvalue weighted by Gasteiger charge is 2.17. The van der Waals surface area contributed by atoms with E-state index < -0.39 is 11.2 Å². The van der Waals surface area contributed by atoms with E-state index in [2.05, 4.69) is 0 Å². The number of hydrogen-bond acceptors (Lipinski definition) is 2. The van der Waals surface area contributed by atoms with Crippen LogP contribution in [0.25, 0.3) is 0 Å². The van der Waals surface area contributed by atoms with E-state index in [0.29, 0.717) is 6.42 Å². The van der Waals surface area contributed by atoms with E-state index in [0.717, 1.165) is 0 Å². The van der Waals surface area contributed by atoms with Crippen molar-refractivity contribution in [3.05, 3.63) is 0 Å². The zero-order chi connectivity index (χ0) is 7.44. The van der Waals surface area contributed by atoms with Crippen molar-refractivity contribution in [3.63, 3.8) is 0 Å². The summed E-state index contributed by atoms with van der Waals surface area (Å²) < 4.78 is 0. The highest BCUT2D eigenvalue weighted by molar-refractivity contribution is 6.65. The summed E-state index contributed by atoms with van der Waals surface area (Å²) in [6.45, 7) is 3.13. The van der Waals surface area contributed by atoms with Gasteiger partial charge in [-0.1, -0.05) is 6.92 Å². The lowest BCUT2D eigenvalue weighted by Crippen LogP contribution is -2.16. The topological polar surface area (TPSA) is 34.1 Å². The summed E-state index contributed by atoms with van der Waals surface area (Å²) in [6, 6.07) is 0. The monoisotopic (exact) mass is 148 g/mol. The molecule has 0 saturated carbocycles. The van der Waals surface area contributed by atoms with Crippen molar-refractivity contribution in [2.45, 2.75) is 20.3 Å². The Kier molecular flexibility index (Phi) is 3.47. The molecule has 0 aliphatic carbocycles. The van der Waals surface area contributed by atoms with Gasteiger partial charge in [0.05, 0.1) is 5.92 Å². The van der Waals surface area contributed by atoms with E-state index in [9.17, 15) is 9.59 Å². The van der Waals surface area contributed by atoms with Crippen molar-refractivity contribution >= 4 is 22.6 Å². The van der Waals surface area contributed by atoms with Crippen LogP contribution in [-0.4, -0.2) is 11.0 Å². The Bertz CT molecular complexity index is 117. The van der Waals surface area contributed by atoms with Crippen LogP contribution < -0.4 is 0 Å². The molecule has 0 bridgehead atoms. The number of carbonyl (C=O) groups excluding carboxylic acids is 2. The highest BCUT2D eigenvalue weighted by atomic mass is 35.5. The zero-order valence-electron chi connectivity index (χ0n) is 5.48. The van der Waals surface area contributed by atoms with Gasteiger partial charge in [-0.3, -0.25) is 9.59 Å². The van der Waals surface area contributed by atoms with Crippen molar-refractivity contribution in [1.82, 2.24) is 0 Å². The summed E-state index contributed by atoms with van der Waals surface area (Å²) in [5, 5.41) is -0.551. The Labute approximate surface area is 59.2 Å². The fourth-order valence-electron chi connectivity index (χ4n) is 0.608. The molecule has 0 aromatic rings. The molecule has 0 fully saturated rings. The first-order valence-electron chi connectivity index (χ1n) is 2.79. The maximum atomic E-state index is 10.5. The molecule has 0 aliphatic rings. The van der Waals surface area contributed by atoms with Crippen LogP contribution in [0.2, 0.25) is 0 Å². The molecule has 0 aromatic carbocycles. The third-order valence-corrected chi connectivity index (χ3v) is 1.44. The number of hydrogen-bond donors (Lipinski definition) is 0. The van der Waals surface area contributed by atoms with Crippen LogP contribution in [-0.2, 0) is 9.59 Å². The average molecular weight is 149 g/mol. The molecule has 3 heteroatoms. The minimum absolute atomic E-state index is 0.155. The molecule has 0 amide bonds. The number of rotatable bonds is 3. The van der Waals surface area contributed by atoms with E-state index in [4.69, 9.17) is 11.6 Å². The van der Waals surface area contributed by atoms with E-state index in [1.807, 2.05) is 0 Å². The first-order valence-corrected chi connectivity index (χ1v) is 3.17. The maximum absolute atomic E-state index is 10.5. The molecule has 0 aliphatic heterocycles. The van der Waals surface area contributed by atoms with Gasteiger partial charge in [0.1, 0.15) is 5.78 Å². The van der Waals surface area contributed by atoms with Crippen molar-refractivity contribution in [2.75, 3.05) is 0 Å². The first kappa shape index (κ1) is 8.63. The third-order valence-electron chi connectivity index (χ3n) is 1.17. The SMILES string of the molecule is CCC(C(C)=O)C(=O)Cl. The van der Waals surface area contributed by atoms with Crippen LogP contribution in [0, 0.1) is 5.92 Å². The van der Waals surface area contributed by atoms with Crippen molar-refractivity contribution in [2.24, 2.45) is 5.92 Å². The fourth-order valence-corrected chi connectivity index (χ4v) is 0.916. The Morgan fingerprint density at radius 2 is 2.00 bits per heavy atom. The standard InChI is InChI=1S/C6H9ClO2/c1-3-5(4(2)8)6(7)9/h5H,3H2,1-2H3. The van der Waals surface area contributed by atoms with Crippen LogP contribution in [0.3, 0.4) is 0 Å². The molecular formula is C6H9ClO2. The fraction of sp³-hybridized carbons (Fsp3) is 0.667. The smallest absolute Gasteiger partial charge is 0.232 e. The normalized spacial score (nSPS) is 12.8. The molecule has 9 heavy (non-hydrogen) atoms. The van der Waals surface area contributed by atoms with Gasteiger partial charge in [0.15, 0.2) is 0 Å². The first-order chi connectivity index (χ1) is 4.09. The Morgan fingerprint density at radius 3 is 2.00 bits per heavy atom. The van der Waals surface area contributed by atoms with E-state index in [1.165, 1.54) is 6.92 Å². The van der Waals surface area contributed by atoms with Gasteiger partial charge >= 0.3 is 0 Å². The molecule has 0 heterocycles. The Balaban J connectivity index is 3.99. The second-order valence-electron chi connectivity index (χ2n) is 1.88. The largest absolute Gasteiger partial charge is 0.299 e. The lowest BCUT2D eigenvalue weighted by molar-refractivity contribution is -0.127. The molecule has 0 spiro atoms. The third kappa shape index (κ3) is 2.61. The highest BCUT2D eigenvalue weighted by Crippen LogP contribution is 2.07. The van der Waals surface area contributed by atoms with Crippen LogP contribution in [0.5, 0.6) is 0 Å². The summed E-state index contributed by atoms with van der Waals surface area (Å²) in [6.07, 6.45) is 0.498. The van der Waals surface area contributed by atoms with Crippen LogP contribution >= 0.6 is 11.6 Å². The van der Waals surface area contributed by atoms with E-state index >= 15 is 0 Å². The molecule has 0 aromatic heterocycles. The number of halogens is 1.